The molecule has 1 aromatic carbocycles. The Labute approximate surface area is 130 Å². The minimum atomic E-state index is 0.692. The average molecular weight is 288 g/mol. The van der Waals surface area contributed by atoms with Crippen LogP contribution in [-0.4, -0.2) is 24.0 Å². The van der Waals surface area contributed by atoms with Gasteiger partial charge in [0.2, 0.25) is 0 Å². The molecular formula is C19H32N2. The lowest BCUT2D eigenvalue weighted by atomic mass is 9.73. The van der Waals surface area contributed by atoms with E-state index in [9.17, 15) is 0 Å². The fourth-order valence-electron chi connectivity index (χ4n) is 3.92. The normalized spacial score (nSPS) is 26.5. The van der Waals surface area contributed by atoms with Crippen molar-refractivity contribution >= 4 is 0 Å². The van der Waals surface area contributed by atoms with Gasteiger partial charge in [-0.1, -0.05) is 57.5 Å². The van der Waals surface area contributed by atoms with Gasteiger partial charge in [-0.05, 0) is 36.2 Å². The summed E-state index contributed by atoms with van der Waals surface area (Å²) in [6.07, 6.45) is 4.09. The molecule has 0 aromatic heterocycles. The monoisotopic (exact) mass is 288 g/mol. The summed E-state index contributed by atoms with van der Waals surface area (Å²) in [4.78, 5) is 2.65. The number of nitrogens with two attached hydrogens (primary N) is 1. The third-order valence-corrected chi connectivity index (χ3v) is 5.10. The molecule has 0 spiro atoms. The molecular weight excluding hydrogens is 256 g/mol. The third-order valence-electron chi connectivity index (χ3n) is 5.10. The summed E-state index contributed by atoms with van der Waals surface area (Å²) in [6.45, 7) is 9.98. The molecule has 1 aromatic rings. The van der Waals surface area contributed by atoms with E-state index < -0.39 is 0 Å². The van der Waals surface area contributed by atoms with Crippen LogP contribution in [0, 0.1) is 17.8 Å². The largest absolute Gasteiger partial charge is 0.329 e. The number of rotatable bonds is 6. The molecule has 2 nitrogen and oxygen atoms in total. The van der Waals surface area contributed by atoms with Crippen molar-refractivity contribution in [3.8, 4) is 0 Å². The number of hydrogen-bond donors (Lipinski definition) is 1. The number of hydrogen-bond acceptors (Lipinski definition) is 2. The Hall–Kier alpha value is -0.860. The Morgan fingerprint density at radius 1 is 1.19 bits per heavy atom. The van der Waals surface area contributed by atoms with Crippen molar-refractivity contribution in [2.75, 3.05) is 13.1 Å². The van der Waals surface area contributed by atoms with Crippen LogP contribution in [-0.2, 0) is 6.54 Å². The summed E-state index contributed by atoms with van der Waals surface area (Å²) < 4.78 is 0. The van der Waals surface area contributed by atoms with Crippen molar-refractivity contribution < 1.29 is 0 Å². The van der Waals surface area contributed by atoms with E-state index in [-0.39, 0.29) is 0 Å². The molecule has 1 saturated carbocycles. The van der Waals surface area contributed by atoms with E-state index in [0.717, 1.165) is 37.4 Å². The average Bonchev–Trinajstić information content (AvgIpc) is 2.47. The van der Waals surface area contributed by atoms with Crippen molar-refractivity contribution in [1.82, 2.24) is 4.90 Å². The maximum Gasteiger partial charge on any atom is 0.0237 e. The van der Waals surface area contributed by atoms with Crippen molar-refractivity contribution in [3.63, 3.8) is 0 Å². The minimum Gasteiger partial charge on any atom is -0.329 e. The van der Waals surface area contributed by atoms with Gasteiger partial charge in [-0.15, -0.1) is 0 Å². The van der Waals surface area contributed by atoms with Crippen LogP contribution in [0.3, 0.4) is 0 Å². The highest BCUT2D eigenvalue weighted by atomic mass is 15.2. The van der Waals surface area contributed by atoms with Crippen LogP contribution in [0.15, 0.2) is 30.3 Å². The molecule has 3 unspecified atom stereocenters. The highest BCUT2D eigenvalue weighted by Gasteiger charge is 2.34. The zero-order valence-corrected chi connectivity index (χ0v) is 14.0. The van der Waals surface area contributed by atoms with E-state index in [1.54, 1.807) is 0 Å². The molecule has 118 valence electrons. The number of benzene rings is 1. The standard InChI is InChI=1S/C19H32N2/c1-15(2)18-10-9-16(3)13-19(18)21(12-11-20)14-17-7-5-4-6-8-17/h4-8,15-16,18-19H,9-14,20H2,1-3H3. The smallest absolute Gasteiger partial charge is 0.0237 e. The van der Waals surface area contributed by atoms with Crippen molar-refractivity contribution in [1.29, 1.82) is 0 Å². The van der Waals surface area contributed by atoms with Gasteiger partial charge in [0, 0.05) is 25.7 Å². The van der Waals surface area contributed by atoms with E-state index >= 15 is 0 Å². The summed E-state index contributed by atoms with van der Waals surface area (Å²) >= 11 is 0. The zero-order chi connectivity index (χ0) is 15.2. The minimum absolute atomic E-state index is 0.692. The molecule has 0 bridgehead atoms. The molecule has 2 heteroatoms. The van der Waals surface area contributed by atoms with E-state index in [4.69, 9.17) is 5.73 Å². The van der Waals surface area contributed by atoms with Crippen LogP contribution >= 0.6 is 0 Å². The molecule has 0 aliphatic heterocycles. The SMILES string of the molecule is CC1CCC(C(C)C)C(N(CCN)Cc2ccccc2)C1. The maximum atomic E-state index is 5.90. The summed E-state index contributed by atoms with van der Waals surface area (Å²) in [5, 5.41) is 0. The van der Waals surface area contributed by atoms with Crippen LogP contribution < -0.4 is 5.73 Å². The van der Waals surface area contributed by atoms with Crippen molar-refractivity contribution in [2.45, 2.75) is 52.6 Å². The second kappa shape index (κ2) is 7.95. The predicted molar refractivity (Wildman–Crippen MR) is 91.0 cm³/mol. The van der Waals surface area contributed by atoms with Gasteiger partial charge in [0.25, 0.3) is 0 Å². The fraction of sp³-hybridized carbons (Fsp3) is 0.684. The lowest BCUT2D eigenvalue weighted by molar-refractivity contribution is 0.0557. The molecule has 3 atom stereocenters. The van der Waals surface area contributed by atoms with Crippen LogP contribution in [0.2, 0.25) is 0 Å². The van der Waals surface area contributed by atoms with Crippen molar-refractivity contribution in [2.24, 2.45) is 23.5 Å². The predicted octanol–water partition coefficient (Wildman–Crippen LogP) is 3.91. The van der Waals surface area contributed by atoms with E-state index in [1.807, 2.05) is 0 Å². The first kappa shape index (κ1) is 16.5. The molecule has 21 heavy (non-hydrogen) atoms. The second-order valence-corrected chi connectivity index (χ2v) is 7.14. The van der Waals surface area contributed by atoms with Crippen molar-refractivity contribution in [3.05, 3.63) is 35.9 Å². The first-order valence-corrected chi connectivity index (χ1v) is 8.59. The van der Waals surface area contributed by atoms with Crippen LogP contribution in [0.4, 0.5) is 0 Å². The van der Waals surface area contributed by atoms with Gasteiger partial charge in [0.05, 0.1) is 0 Å². The summed E-state index contributed by atoms with van der Waals surface area (Å²) in [7, 11) is 0. The molecule has 2 rings (SSSR count). The fourth-order valence-corrected chi connectivity index (χ4v) is 3.92. The van der Waals surface area contributed by atoms with Gasteiger partial charge in [-0.3, -0.25) is 4.90 Å². The van der Waals surface area contributed by atoms with Gasteiger partial charge < -0.3 is 5.73 Å². The molecule has 0 heterocycles. The molecule has 1 aliphatic rings. The van der Waals surface area contributed by atoms with Crippen LogP contribution in [0.1, 0.15) is 45.6 Å². The van der Waals surface area contributed by atoms with Gasteiger partial charge >= 0.3 is 0 Å². The molecule has 0 radical (unpaired) electrons. The van der Waals surface area contributed by atoms with E-state index in [1.165, 1.54) is 24.8 Å². The molecule has 0 saturated heterocycles. The summed E-state index contributed by atoms with van der Waals surface area (Å²) in [5.41, 5.74) is 7.31. The summed E-state index contributed by atoms with van der Waals surface area (Å²) in [5.74, 6) is 2.43. The van der Waals surface area contributed by atoms with Crippen LogP contribution in [0.5, 0.6) is 0 Å². The highest BCUT2D eigenvalue weighted by molar-refractivity contribution is 5.14. The lowest BCUT2D eigenvalue weighted by Gasteiger charge is -2.44. The van der Waals surface area contributed by atoms with E-state index in [0.29, 0.717) is 6.04 Å². The molecule has 1 aliphatic carbocycles. The second-order valence-electron chi connectivity index (χ2n) is 7.14. The molecule has 0 amide bonds. The first-order valence-electron chi connectivity index (χ1n) is 8.59. The lowest BCUT2D eigenvalue weighted by Crippen LogP contribution is -2.47. The Morgan fingerprint density at radius 3 is 2.52 bits per heavy atom. The van der Waals surface area contributed by atoms with Gasteiger partial charge in [0.15, 0.2) is 0 Å². The Morgan fingerprint density at radius 2 is 1.90 bits per heavy atom. The molecule has 1 fully saturated rings. The third kappa shape index (κ3) is 4.55. The maximum absolute atomic E-state index is 5.90. The summed E-state index contributed by atoms with van der Waals surface area (Å²) in [6, 6.07) is 11.5. The van der Waals surface area contributed by atoms with Gasteiger partial charge in [0.1, 0.15) is 0 Å². The topological polar surface area (TPSA) is 29.3 Å². The highest BCUT2D eigenvalue weighted by Crippen LogP contribution is 2.36. The first-order chi connectivity index (χ1) is 10.1. The van der Waals surface area contributed by atoms with E-state index in [2.05, 4.69) is 56.0 Å². The zero-order valence-electron chi connectivity index (χ0n) is 14.0. The Balaban J connectivity index is 2.13. The van der Waals surface area contributed by atoms with Gasteiger partial charge in [-0.2, -0.15) is 0 Å². The van der Waals surface area contributed by atoms with Crippen LogP contribution in [0.25, 0.3) is 0 Å². The van der Waals surface area contributed by atoms with Gasteiger partial charge in [-0.25, -0.2) is 0 Å². The molecule has 2 N–H and O–H groups in total. The Bertz CT molecular complexity index is 401. The number of nitrogens with zero attached hydrogens (tertiary/aromatic N) is 1. The Kier molecular flexibility index (Phi) is 6.25. The quantitative estimate of drug-likeness (QED) is 0.860.